The Kier molecular flexibility index (Phi) is 8.51. The van der Waals surface area contributed by atoms with Gasteiger partial charge in [-0.15, -0.1) is 0 Å². The number of carbonyl (C=O) groups is 2. The maximum Gasteiger partial charge on any atom is 0.331 e. The number of aromatic nitrogens is 2. The summed E-state index contributed by atoms with van der Waals surface area (Å²) < 4.78 is 7.32. The Hall–Kier alpha value is -4.99. The number of fused-ring (bicyclic) bond motifs is 1. The third-order valence-electron chi connectivity index (χ3n) is 7.08. The van der Waals surface area contributed by atoms with Gasteiger partial charge in [0.25, 0.3) is 5.91 Å². The van der Waals surface area contributed by atoms with Crippen molar-refractivity contribution >= 4 is 34.6 Å². The fraction of sp³-hybridized carbons (Fsp3) is 0.258. The summed E-state index contributed by atoms with van der Waals surface area (Å²) in [5, 5.41) is 18.0. The first-order valence-electron chi connectivity index (χ1n) is 13.3. The van der Waals surface area contributed by atoms with Gasteiger partial charge in [0.15, 0.2) is 0 Å². The summed E-state index contributed by atoms with van der Waals surface area (Å²) in [5.74, 6) is -0.0901. The van der Waals surface area contributed by atoms with Crippen LogP contribution in [-0.4, -0.2) is 45.2 Å². The number of benzene rings is 3. The van der Waals surface area contributed by atoms with Crippen molar-refractivity contribution in [2.24, 2.45) is 18.5 Å². The van der Waals surface area contributed by atoms with Gasteiger partial charge in [-0.05, 0) is 49.6 Å². The number of hydrogen-bond acceptors (Lipinski definition) is 6. The number of nitrogens with one attached hydrogen (secondary N) is 3. The number of esters is 1. The summed E-state index contributed by atoms with van der Waals surface area (Å²) in [5.41, 5.74) is 14.9. The van der Waals surface area contributed by atoms with E-state index in [4.69, 9.17) is 32.0 Å². The molecule has 1 unspecified atom stereocenters. The molecule has 0 fully saturated rings. The first-order valence-corrected chi connectivity index (χ1v) is 13.3. The number of rotatable bonds is 11. The van der Waals surface area contributed by atoms with Crippen LogP contribution in [0.25, 0.3) is 11.0 Å². The van der Waals surface area contributed by atoms with Gasteiger partial charge in [0.2, 0.25) is 0 Å². The Morgan fingerprint density at radius 2 is 1.46 bits per heavy atom. The minimum Gasteiger partial charge on any atom is -0.464 e. The summed E-state index contributed by atoms with van der Waals surface area (Å²) in [6.45, 7) is 3.54. The molecule has 0 bridgehead atoms. The lowest BCUT2D eigenvalue weighted by atomic mass is 9.91. The molecule has 0 radical (unpaired) electrons. The van der Waals surface area contributed by atoms with E-state index in [0.717, 1.165) is 28.9 Å². The average Bonchev–Trinajstić information content (AvgIpc) is 3.26. The summed E-state index contributed by atoms with van der Waals surface area (Å²) in [6.07, 6.45) is 1.64. The highest BCUT2D eigenvalue weighted by molar-refractivity contribution is 6.00. The van der Waals surface area contributed by atoms with Crippen molar-refractivity contribution in [2.75, 3.05) is 6.61 Å². The normalized spacial score (nSPS) is 12.5. The Morgan fingerprint density at radius 1 is 0.902 bits per heavy atom. The molecule has 212 valence electrons. The molecule has 0 saturated carbocycles. The van der Waals surface area contributed by atoms with Crippen molar-refractivity contribution in [2.45, 2.75) is 38.6 Å². The van der Waals surface area contributed by atoms with Gasteiger partial charge >= 0.3 is 5.97 Å². The molecular weight excluding hydrogens is 518 g/mol. The lowest BCUT2D eigenvalue weighted by Crippen LogP contribution is -2.54. The van der Waals surface area contributed by atoms with Crippen LogP contribution in [0.3, 0.4) is 0 Å². The van der Waals surface area contributed by atoms with Gasteiger partial charge in [-0.3, -0.25) is 15.6 Å². The van der Waals surface area contributed by atoms with Crippen molar-refractivity contribution in [1.29, 1.82) is 10.8 Å². The molecule has 7 N–H and O–H groups in total. The van der Waals surface area contributed by atoms with E-state index < -0.39 is 17.4 Å². The second kappa shape index (κ2) is 12.0. The Balaban J connectivity index is 1.52. The number of aryl methyl sites for hydroxylation is 3. The van der Waals surface area contributed by atoms with Gasteiger partial charge in [0.1, 0.15) is 23.0 Å². The van der Waals surface area contributed by atoms with Crippen LogP contribution in [0.1, 0.15) is 52.3 Å². The third kappa shape index (κ3) is 6.60. The second-order valence-corrected chi connectivity index (χ2v) is 10.2. The minimum atomic E-state index is -1.33. The van der Waals surface area contributed by atoms with Crippen LogP contribution in [-0.2, 0) is 35.8 Å². The predicted molar refractivity (Wildman–Crippen MR) is 159 cm³/mol. The number of carbonyl (C=O) groups excluding carboxylic acids is 2. The maximum atomic E-state index is 13.4. The maximum absolute atomic E-state index is 13.4. The molecule has 1 amide bonds. The standard InChI is InChI=1S/C31H35N7O3/c1-4-41-30(40)31(2,18-20-7-12-22(13-8-20)28(34)35)37-29(39)23-14-15-25-24(17-23)36-26(38(25)3)16-9-19-5-10-21(11-6-19)27(32)33/h5-8,10-15,17H,4,9,16,18H2,1-3H3,(H3,32,33)(H3,34,35)(H,37,39). The minimum absolute atomic E-state index is 0.0395. The number of ether oxygens (including phenoxy) is 1. The van der Waals surface area contributed by atoms with Crippen LogP contribution in [0.2, 0.25) is 0 Å². The van der Waals surface area contributed by atoms with Crippen molar-refractivity contribution in [3.8, 4) is 0 Å². The van der Waals surface area contributed by atoms with Gasteiger partial charge in [-0.1, -0.05) is 48.5 Å². The van der Waals surface area contributed by atoms with Crippen LogP contribution in [0.5, 0.6) is 0 Å². The van der Waals surface area contributed by atoms with E-state index in [0.29, 0.717) is 28.6 Å². The monoisotopic (exact) mass is 553 g/mol. The highest BCUT2D eigenvalue weighted by Gasteiger charge is 2.37. The van der Waals surface area contributed by atoms with Gasteiger partial charge in [-0.2, -0.15) is 0 Å². The zero-order valence-corrected chi connectivity index (χ0v) is 23.5. The van der Waals surface area contributed by atoms with Crippen LogP contribution >= 0.6 is 0 Å². The molecule has 3 aromatic carbocycles. The highest BCUT2D eigenvalue weighted by Crippen LogP contribution is 2.21. The number of amides is 1. The van der Waals surface area contributed by atoms with Gasteiger partial charge < -0.3 is 26.1 Å². The molecule has 1 aromatic heterocycles. The Labute approximate surface area is 238 Å². The summed E-state index contributed by atoms with van der Waals surface area (Å²) >= 11 is 0. The molecular formula is C31H35N7O3. The van der Waals surface area contributed by atoms with Gasteiger partial charge in [0, 0.05) is 36.6 Å². The number of nitrogens with zero attached hydrogens (tertiary/aromatic N) is 2. The Morgan fingerprint density at radius 3 is 2.02 bits per heavy atom. The predicted octanol–water partition coefficient (Wildman–Crippen LogP) is 3.22. The first-order chi connectivity index (χ1) is 19.5. The van der Waals surface area contributed by atoms with Gasteiger partial charge in [0.05, 0.1) is 17.6 Å². The van der Waals surface area contributed by atoms with Crippen molar-refractivity contribution in [3.63, 3.8) is 0 Å². The number of hydrogen-bond donors (Lipinski definition) is 5. The molecule has 4 aromatic rings. The largest absolute Gasteiger partial charge is 0.464 e. The molecule has 0 aliphatic heterocycles. The van der Waals surface area contributed by atoms with E-state index in [1.54, 1.807) is 50.2 Å². The smallest absolute Gasteiger partial charge is 0.331 e. The molecule has 0 aliphatic rings. The van der Waals surface area contributed by atoms with Crippen molar-refractivity contribution in [1.82, 2.24) is 14.9 Å². The van der Waals surface area contributed by atoms with E-state index in [1.165, 1.54) is 0 Å². The molecule has 1 heterocycles. The lowest BCUT2D eigenvalue weighted by Gasteiger charge is -2.28. The zero-order chi connectivity index (χ0) is 29.7. The van der Waals surface area contributed by atoms with E-state index >= 15 is 0 Å². The van der Waals surface area contributed by atoms with Crippen LogP contribution in [0, 0.1) is 10.8 Å². The SMILES string of the molecule is CCOC(=O)C(C)(Cc1ccc(C(=N)N)cc1)NC(=O)c1ccc2c(c1)nc(CCc1ccc(C(=N)N)cc1)n2C. The molecule has 10 nitrogen and oxygen atoms in total. The number of amidine groups is 2. The third-order valence-corrected chi connectivity index (χ3v) is 7.08. The fourth-order valence-electron chi connectivity index (χ4n) is 4.71. The zero-order valence-electron chi connectivity index (χ0n) is 23.5. The molecule has 10 heteroatoms. The number of nitrogen functional groups attached to an aromatic ring is 2. The molecule has 0 aliphatic carbocycles. The molecule has 0 spiro atoms. The van der Waals surface area contributed by atoms with Gasteiger partial charge in [-0.25, -0.2) is 9.78 Å². The number of imidazole rings is 1. The van der Waals surface area contributed by atoms with Crippen molar-refractivity contribution < 1.29 is 14.3 Å². The quantitative estimate of drug-likeness (QED) is 0.108. The van der Waals surface area contributed by atoms with E-state index in [9.17, 15) is 9.59 Å². The van der Waals surface area contributed by atoms with Crippen LogP contribution in [0.15, 0.2) is 66.7 Å². The average molecular weight is 554 g/mol. The molecule has 0 saturated heterocycles. The van der Waals surface area contributed by atoms with Crippen molar-refractivity contribution in [3.05, 3.63) is 100 Å². The van der Waals surface area contributed by atoms with E-state index in [1.807, 2.05) is 41.9 Å². The van der Waals surface area contributed by atoms with E-state index in [2.05, 4.69) is 5.32 Å². The van der Waals surface area contributed by atoms with Crippen LogP contribution < -0.4 is 16.8 Å². The topological polar surface area (TPSA) is 173 Å². The second-order valence-electron chi connectivity index (χ2n) is 10.2. The molecule has 41 heavy (non-hydrogen) atoms. The first kappa shape index (κ1) is 29.0. The Bertz CT molecular complexity index is 1610. The number of nitrogens with two attached hydrogens (primary N) is 2. The van der Waals surface area contributed by atoms with Crippen LogP contribution in [0.4, 0.5) is 0 Å². The summed E-state index contributed by atoms with van der Waals surface area (Å²) in [6, 6.07) is 19.9. The summed E-state index contributed by atoms with van der Waals surface area (Å²) in [4.78, 5) is 31.2. The fourth-order valence-corrected chi connectivity index (χ4v) is 4.71. The van der Waals surface area contributed by atoms with E-state index in [-0.39, 0.29) is 24.7 Å². The molecule has 1 atom stereocenters. The highest BCUT2D eigenvalue weighted by atomic mass is 16.5. The summed E-state index contributed by atoms with van der Waals surface area (Å²) in [7, 11) is 1.94. The molecule has 4 rings (SSSR count). The lowest BCUT2D eigenvalue weighted by molar-refractivity contribution is -0.150.